The van der Waals surface area contributed by atoms with Crippen molar-refractivity contribution in [3.8, 4) is 0 Å². The van der Waals surface area contributed by atoms with Gasteiger partial charge in [-0.3, -0.25) is 0 Å². The van der Waals surface area contributed by atoms with Crippen molar-refractivity contribution < 1.29 is 0 Å². The van der Waals surface area contributed by atoms with Crippen molar-refractivity contribution in [1.82, 2.24) is 0 Å². The molecule has 0 heterocycles. The Hall–Kier alpha value is -1.52. The number of allylic oxidation sites excluding steroid dienone is 2. The third kappa shape index (κ3) is 2.48. The van der Waals surface area contributed by atoms with Gasteiger partial charge >= 0.3 is 0 Å². The summed E-state index contributed by atoms with van der Waals surface area (Å²) in [5.74, 6) is 0.445. The normalized spacial score (nSPS) is 12.4. The van der Waals surface area contributed by atoms with Crippen molar-refractivity contribution >= 4 is 6.08 Å². The highest BCUT2D eigenvalue weighted by Gasteiger charge is 2.04. The van der Waals surface area contributed by atoms with Crippen molar-refractivity contribution in [2.45, 2.75) is 19.8 Å². The first-order valence-electron chi connectivity index (χ1n) is 4.87. The standard InChI is InChI=1S/C14H16/c1-4-8-12(3)14-11-7-6-10-13(14)9-5-2/h4,6-12H,2H2,1,3H3/b8-4+. The first-order chi connectivity index (χ1) is 6.79. The zero-order chi connectivity index (χ0) is 10.4. The fourth-order valence-electron chi connectivity index (χ4n) is 1.56. The van der Waals surface area contributed by atoms with Gasteiger partial charge in [0.2, 0.25) is 0 Å². The summed E-state index contributed by atoms with van der Waals surface area (Å²) in [5.41, 5.74) is 5.35. The second-order valence-electron chi connectivity index (χ2n) is 3.29. The fraction of sp³-hybridized carbons (Fsp3) is 0.214. The van der Waals surface area contributed by atoms with E-state index in [1.54, 1.807) is 0 Å². The minimum atomic E-state index is 0.445. The molecule has 0 aliphatic carbocycles. The molecule has 0 radical (unpaired) electrons. The molecule has 1 atom stereocenters. The second-order valence-corrected chi connectivity index (χ2v) is 3.29. The summed E-state index contributed by atoms with van der Waals surface area (Å²) in [4.78, 5) is 0. The van der Waals surface area contributed by atoms with Gasteiger partial charge in [0.25, 0.3) is 0 Å². The molecule has 1 unspecified atom stereocenters. The Morgan fingerprint density at radius 1 is 1.36 bits per heavy atom. The fourth-order valence-corrected chi connectivity index (χ4v) is 1.56. The van der Waals surface area contributed by atoms with Crippen LogP contribution in [0.25, 0.3) is 6.08 Å². The predicted octanol–water partition coefficient (Wildman–Crippen LogP) is 4.16. The first-order valence-corrected chi connectivity index (χ1v) is 4.87. The van der Waals surface area contributed by atoms with Gasteiger partial charge in [-0.2, -0.15) is 0 Å². The largest absolute Gasteiger partial charge is 0.128 e. The van der Waals surface area contributed by atoms with Gasteiger partial charge in [-0.1, -0.05) is 49.9 Å². The molecule has 72 valence electrons. The Labute approximate surface area is 86.3 Å². The lowest BCUT2D eigenvalue weighted by Crippen LogP contribution is -1.92. The summed E-state index contributed by atoms with van der Waals surface area (Å²) in [6.45, 7) is 7.84. The topological polar surface area (TPSA) is 0 Å². The van der Waals surface area contributed by atoms with E-state index in [9.17, 15) is 0 Å². The van der Waals surface area contributed by atoms with E-state index >= 15 is 0 Å². The number of hydrogen-bond acceptors (Lipinski definition) is 0. The van der Waals surface area contributed by atoms with E-state index in [1.165, 1.54) is 11.1 Å². The molecule has 0 amide bonds. The van der Waals surface area contributed by atoms with E-state index < -0.39 is 0 Å². The van der Waals surface area contributed by atoms with Crippen LogP contribution in [0.4, 0.5) is 0 Å². The number of hydrogen-bond donors (Lipinski definition) is 0. The molecule has 0 spiro atoms. The summed E-state index contributed by atoms with van der Waals surface area (Å²) in [6, 6.07) is 8.34. The van der Waals surface area contributed by atoms with Gasteiger partial charge in [-0.05, 0) is 30.0 Å². The van der Waals surface area contributed by atoms with Gasteiger partial charge in [0.1, 0.15) is 0 Å². The molecule has 0 nitrogen and oxygen atoms in total. The van der Waals surface area contributed by atoms with Crippen LogP contribution in [0.15, 0.2) is 48.7 Å². The van der Waals surface area contributed by atoms with E-state index in [4.69, 9.17) is 0 Å². The molecule has 0 saturated heterocycles. The summed E-state index contributed by atoms with van der Waals surface area (Å²) in [6.07, 6.45) is 6.20. The van der Waals surface area contributed by atoms with Gasteiger partial charge in [-0.25, -0.2) is 0 Å². The summed E-state index contributed by atoms with van der Waals surface area (Å²) < 4.78 is 0. The average molecular weight is 184 g/mol. The second kappa shape index (κ2) is 5.26. The third-order valence-electron chi connectivity index (χ3n) is 2.23. The molecule has 0 aliphatic rings. The summed E-state index contributed by atoms with van der Waals surface area (Å²) in [7, 11) is 0. The van der Waals surface area contributed by atoms with Crippen LogP contribution in [0.5, 0.6) is 0 Å². The molecule has 1 aromatic carbocycles. The van der Waals surface area contributed by atoms with Crippen LogP contribution in [0, 0.1) is 0 Å². The molecule has 0 bridgehead atoms. The zero-order valence-corrected chi connectivity index (χ0v) is 8.83. The smallest absolute Gasteiger partial charge is 0.000439 e. The summed E-state index contributed by atoms with van der Waals surface area (Å²) >= 11 is 0. The minimum absolute atomic E-state index is 0.445. The number of benzene rings is 1. The quantitative estimate of drug-likeness (QED) is 0.488. The molecule has 0 aromatic heterocycles. The van der Waals surface area contributed by atoms with E-state index in [2.05, 4.69) is 49.6 Å². The van der Waals surface area contributed by atoms with Crippen LogP contribution in [0.3, 0.4) is 0 Å². The molecule has 14 heavy (non-hydrogen) atoms. The molecule has 0 N–H and O–H groups in total. The summed E-state index contributed by atoms with van der Waals surface area (Å²) in [5, 5.41) is 0. The first kappa shape index (κ1) is 10.6. The monoisotopic (exact) mass is 184 g/mol. The lowest BCUT2D eigenvalue weighted by molar-refractivity contribution is 0.961. The SMILES string of the molecule is C=C=Cc1ccccc1C(C)/C=C/C. The average Bonchev–Trinajstić information content (AvgIpc) is 2.19. The van der Waals surface area contributed by atoms with Crippen molar-refractivity contribution in [2.75, 3.05) is 0 Å². The lowest BCUT2D eigenvalue weighted by Gasteiger charge is -2.09. The molecule has 0 heteroatoms. The molecular weight excluding hydrogens is 168 g/mol. The maximum atomic E-state index is 3.60. The highest BCUT2D eigenvalue weighted by Crippen LogP contribution is 2.21. The van der Waals surface area contributed by atoms with Crippen LogP contribution in [-0.2, 0) is 0 Å². The molecule has 0 fully saturated rings. The molecule has 0 saturated carbocycles. The van der Waals surface area contributed by atoms with Gasteiger partial charge in [0, 0.05) is 0 Å². The van der Waals surface area contributed by atoms with Crippen LogP contribution >= 0.6 is 0 Å². The van der Waals surface area contributed by atoms with Crippen molar-refractivity contribution in [1.29, 1.82) is 0 Å². The van der Waals surface area contributed by atoms with Crippen molar-refractivity contribution in [3.63, 3.8) is 0 Å². The van der Waals surface area contributed by atoms with E-state index in [0.717, 1.165) is 0 Å². The third-order valence-corrected chi connectivity index (χ3v) is 2.23. The van der Waals surface area contributed by atoms with Crippen LogP contribution in [0.1, 0.15) is 30.9 Å². The predicted molar refractivity (Wildman–Crippen MR) is 63.3 cm³/mol. The molecule has 1 rings (SSSR count). The highest BCUT2D eigenvalue weighted by atomic mass is 14.1. The molecule has 0 aliphatic heterocycles. The molecular formula is C14H16. The molecule has 1 aromatic rings. The Kier molecular flexibility index (Phi) is 3.97. The van der Waals surface area contributed by atoms with Crippen LogP contribution in [-0.4, -0.2) is 0 Å². The Balaban J connectivity index is 3.12. The Bertz CT molecular complexity index is 365. The van der Waals surface area contributed by atoms with Crippen molar-refractivity contribution in [3.05, 3.63) is 59.9 Å². The lowest BCUT2D eigenvalue weighted by atomic mass is 9.95. The maximum absolute atomic E-state index is 3.60. The van der Waals surface area contributed by atoms with Crippen LogP contribution in [0.2, 0.25) is 0 Å². The van der Waals surface area contributed by atoms with Crippen molar-refractivity contribution in [2.24, 2.45) is 0 Å². The Morgan fingerprint density at radius 2 is 2.07 bits per heavy atom. The van der Waals surface area contributed by atoms with Crippen LogP contribution < -0.4 is 0 Å². The van der Waals surface area contributed by atoms with E-state index in [-0.39, 0.29) is 0 Å². The van der Waals surface area contributed by atoms with Gasteiger partial charge < -0.3 is 0 Å². The highest BCUT2D eigenvalue weighted by molar-refractivity contribution is 5.54. The van der Waals surface area contributed by atoms with E-state index in [0.29, 0.717) is 5.92 Å². The van der Waals surface area contributed by atoms with E-state index in [1.807, 2.05) is 19.1 Å². The van der Waals surface area contributed by atoms with Gasteiger partial charge in [-0.15, -0.1) is 5.73 Å². The Morgan fingerprint density at radius 3 is 2.71 bits per heavy atom. The zero-order valence-electron chi connectivity index (χ0n) is 8.83. The maximum Gasteiger partial charge on any atom is -0.000439 e. The van der Waals surface area contributed by atoms with Gasteiger partial charge in [0.05, 0.1) is 0 Å². The number of rotatable bonds is 3. The minimum Gasteiger partial charge on any atom is -0.128 e. The van der Waals surface area contributed by atoms with Gasteiger partial charge in [0.15, 0.2) is 0 Å².